The third-order valence-electron chi connectivity index (χ3n) is 7.24. The van der Waals surface area contributed by atoms with Crippen molar-refractivity contribution in [3.63, 3.8) is 0 Å². The normalized spacial score (nSPS) is 20.1. The Bertz CT molecular complexity index is 922. The Hall–Kier alpha value is -1.58. The molecule has 3 atom stereocenters. The minimum absolute atomic E-state index is 0.131. The Morgan fingerprint density at radius 1 is 0.800 bits per heavy atom. The Morgan fingerprint density at radius 2 is 1.35 bits per heavy atom. The van der Waals surface area contributed by atoms with Crippen molar-refractivity contribution in [1.82, 2.24) is 0 Å². The first-order valence-electron chi connectivity index (χ1n) is 15.0. The van der Waals surface area contributed by atoms with E-state index in [0.29, 0.717) is 33.0 Å². The molecule has 1 aliphatic rings. The molecule has 1 saturated heterocycles. The van der Waals surface area contributed by atoms with Gasteiger partial charge in [0, 0.05) is 13.2 Å². The summed E-state index contributed by atoms with van der Waals surface area (Å²) in [7, 11) is -2.73. The molecule has 0 aliphatic carbocycles. The van der Waals surface area contributed by atoms with E-state index in [1.54, 1.807) is 0 Å². The van der Waals surface area contributed by atoms with Gasteiger partial charge >= 0.3 is 0 Å². The molecule has 2 aromatic rings. The van der Waals surface area contributed by atoms with Crippen molar-refractivity contribution in [1.29, 1.82) is 0 Å². The van der Waals surface area contributed by atoms with E-state index in [0.717, 1.165) is 25.7 Å². The topological polar surface area (TPSA) is 55.4 Å². The van der Waals surface area contributed by atoms with Crippen LogP contribution >= 0.6 is 0 Å². The molecule has 1 fully saturated rings. The smallest absolute Gasteiger partial charge is 0.261 e. The molecule has 3 rings (SSSR count). The Balaban J connectivity index is 1.87. The molecule has 2 aromatic carbocycles. The molecule has 0 spiro atoms. The van der Waals surface area contributed by atoms with E-state index < -0.39 is 20.4 Å². The van der Waals surface area contributed by atoms with E-state index in [-0.39, 0.29) is 17.2 Å². The van der Waals surface area contributed by atoms with Crippen LogP contribution in [0.25, 0.3) is 0 Å². The summed E-state index contributed by atoms with van der Waals surface area (Å²) in [6, 6.07) is 21.4. The Morgan fingerprint density at radius 3 is 1.88 bits per heavy atom. The van der Waals surface area contributed by atoms with Crippen molar-refractivity contribution in [2.45, 2.75) is 103 Å². The Labute approximate surface area is 243 Å². The molecule has 0 radical (unpaired) electrons. The van der Waals surface area contributed by atoms with Crippen LogP contribution in [0.4, 0.5) is 0 Å². The van der Waals surface area contributed by atoms with E-state index in [4.69, 9.17) is 28.1 Å². The molecule has 224 valence electrons. The molecule has 0 saturated carbocycles. The molecule has 0 amide bonds. The second kappa shape index (κ2) is 15.6. The standard InChI is InChI=1S/C33H52O6Si/c1-8-10-22-34-24-27(37-31-30(26-35-23-11-9-2)38-33(6,7)39-31)25-36-40(32(3,4)5,28-18-14-12-15-19-28)29-20-16-13-17-21-29/h12-21,27,30-31H,8-11,22-26H2,1-7H3/t27?,30?,31-/m1/s1. The van der Waals surface area contributed by atoms with Crippen LogP contribution in [-0.4, -0.2) is 65.6 Å². The fourth-order valence-corrected chi connectivity index (χ4v) is 9.83. The van der Waals surface area contributed by atoms with Gasteiger partial charge < -0.3 is 28.1 Å². The summed E-state index contributed by atoms with van der Waals surface area (Å²) >= 11 is 0. The highest BCUT2D eigenvalue weighted by Crippen LogP contribution is 2.37. The van der Waals surface area contributed by atoms with Crippen molar-refractivity contribution < 1.29 is 28.1 Å². The van der Waals surface area contributed by atoms with Gasteiger partial charge in [0.2, 0.25) is 0 Å². The summed E-state index contributed by atoms with van der Waals surface area (Å²) in [6.07, 6.45) is 2.96. The molecule has 0 N–H and O–H groups in total. The minimum atomic E-state index is -2.73. The lowest BCUT2D eigenvalue weighted by Crippen LogP contribution is -2.67. The third kappa shape index (κ3) is 8.96. The first-order valence-corrected chi connectivity index (χ1v) is 17.0. The highest BCUT2D eigenvalue weighted by atomic mass is 28.4. The van der Waals surface area contributed by atoms with Crippen molar-refractivity contribution in [2.24, 2.45) is 0 Å². The first kappa shape index (κ1) is 32.9. The van der Waals surface area contributed by atoms with Crippen LogP contribution in [0.3, 0.4) is 0 Å². The van der Waals surface area contributed by atoms with Crippen molar-refractivity contribution in [3.05, 3.63) is 60.7 Å². The first-order chi connectivity index (χ1) is 19.1. The van der Waals surface area contributed by atoms with E-state index in [9.17, 15) is 0 Å². The predicted octanol–water partition coefficient (Wildman–Crippen LogP) is 6.06. The molecule has 7 heteroatoms. The fourth-order valence-electron chi connectivity index (χ4n) is 5.23. The minimum Gasteiger partial charge on any atom is -0.405 e. The van der Waals surface area contributed by atoms with Gasteiger partial charge in [-0.3, -0.25) is 0 Å². The lowest BCUT2D eigenvalue weighted by molar-refractivity contribution is -0.214. The van der Waals surface area contributed by atoms with E-state index >= 15 is 0 Å². The van der Waals surface area contributed by atoms with Crippen LogP contribution in [-0.2, 0) is 28.1 Å². The van der Waals surface area contributed by atoms with Crippen LogP contribution in [0.2, 0.25) is 5.04 Å². The van der Waals surface area contributed by atoms with Crippen LogP contribution in [0.1, 0.15) is 74.1 Å². The summed E-state index contributed by atoms with van der Waals surface area (Å²) in [5, 5.41) is 2.35. The summed E-state index contributed by atoms with van der Waals surface area (Å²) in [4.78, 5) is 0. The number of rotatable bonds is 17. The number of hydrogen-bond donors (Lipinski definition) is 0. The lowest BCUT2D eigenvalue weighted by Gasteiger charge is -2.43. The second-order valence-electron chi connectivity index (χ2n) is 12.1. The average molecular weight is 573 g/mol. The highest BCUT2D eigenvalue weighted by Gasteiger charge is 2.51. The van der Waals surface area contributed by atoms with E-state index in [2.05, 4.69) is 95.3 Å². The van der Waals surface area contributed by atoms with E-state index in [1.807, 2.05) is 13.8 Å². The number of benzene rings is 2. The van der Waals surface area contributed by atoms with Gasteiger partial charge in [0.15, 0.2) is 12.1 Å². The van der Waals surface area contributed by atoms with Gasteiger partial charge in [-0.05, 0) is 42.1 Å². The maximum atomic E-state index is 7.20. The predicted molar refractivity (Wildman–Crippen MR) is 164 cm³/mol. The van der Waals surface area contributed by atoms with Gasteiger partial charge in [-0.25, -0.2) is 0 Å². The second-order valence-corrected chi connectivity index (χ2v) is 16.4. The van der Waals surface area contributed by atoms with Gasteiger partial charge in [-0.1, -0.05) is 108 Å². The van der Waals surface area contributed by atoms with Crippen molar-refractivity contribution in [3.8, 4) is 0 Å². The summed E-state index contributed by atoms with van der Waals surface area (Å²) in [5.74, 6) is -0.754. The van der Waals surface area contributed by atoms with Crippen molar-refractivity contribution in [2.75, 3.05) is 33.0 Å². The zero-order valence-electron chi connectivity index (χ0n) is 25.8. The van der Waals surface area contributed by atoms with Gasteiger partial charge in [-0.15, -0.1) is 0 Å². The molecule has 1 heterocycles. The maximum absolute atomic E-state index is 7.20. The van der Waals surface area contributed by atoms with Crippen LogP contribution in [0.15, 0.2) is 60.7 Å². The highest BCUT2D eigenvalue weighted by molar-refractivity contribution is 6.99. The maximum Gasteiger partial charge on any atom is 0.261 e. The summed E-state index contributed by atoms with van der Waals surface area (Å²) in [5.41, 5.74) is 0. The zero-order valence-corrected chi connectivity index (χ0v) is 26.8. The van der Waals surface area contributed by atoms with Gasteiger partial charge in [0.1, 0.15) is 12.2 Å². The summed E-state index contributed by atoms with van der Waals surface area (Å²) < 4.78 is 38.2. The van der Waals surface area contributed by atoms with Gasteiger partial charge in [0.05, 0.1) is 19.8 Å². The number of ether oxygens (including phenoxy) is 5. The molecule has 0 bridgehead atoms. The lowest BCUT2D eigenvalue weighted by atomic mass is 10.2. The molecular weight excluding hydrogens is 520 g/mol. The van der Waals surface area contributed by atoms with E-state index in [1.165, 1.54) is 10.4 Å². The quantitative estimate of drug-likeness (QED) is 0.170. The molecule has 6 nitrogen and oxygen atoms in total. The summed E-state index contributed by atoms with van der Waals surface area (Å²) in [6.45, 7) is 17.6. The third-order valence-corrected chi connectivity index (χ3v) is 12.2. The molecule has 0 aromatic heterocycles. The largest absolute Gasteiger partial charge is 0.405 e. The Kier molecular flexibility index (Phi) is 12.8. The fraction of sp³-hybridized carbons (Fsp3) is 0.636. The number of hydrogen-bond acceptors (Lipinski definition) is 6. The SMILES string of the molecule is CCCCOCC(CO[Si](c1ccccc1)(c1ccccc1)C(C)(C)C)O[C@@H]1OC(C)(C)OC1COCCCC. The van der Waals surface area contributed by atoms with Gasteiger partial charge in [-0.2, -0.15) is 0 Å². The molecule has 1 aliphatic heterocycles. The zero-order chi connectivity index (χ0) is 29.1. The van der Waals surface area contributed by atoms with Crippen LogP contribution < -0.4 is 10.4 Å². The monoisotopic (exact) mass is 572 g/mol. The molecular formula is C33H52O6Si. The van der Waals surface area contributed by atoms with Crippen LogP contribution in [0.5, 0.6) is 0 Å². The van der Waals surface area contributed by atoms with Crippen molar-refractivity contribution >= 4 is 18.7 Å². The molecule has 40 heavy (non-hydrogen) atoms. The van der Waals surface area contributed by atoms with Crippen LogP contribution in [0, 0.1) is 0 Å². The van der Waals surface area contributed by atoms with Gasteiger partial charge in [0.25, 0.3) is 8.32 Å². The molecule has 2 unspecified atom stereocenters. The average Bonchev–Trinajstić information content (AvgIpc) is 3.22. The number of unbranched alkanes of at least 4 members (excludes halogenated alkanes) is 2.